The first-order valence-electron chi connectivity index (χ1n) is 8.30. The second-order valence-electron chi connectivity index (χ2n) is 5.58. The second-order valence-corrected chi connectivity index (χ2v) is 8.54. The molecule has 0 aromatic heterocycles. The average molecular weight is 398 g/mol. The summed E-state index contributed by atoms with van der Waals surface area (Å²) in [4.78, 5) is 26.6. The third-order valence-corrected chi connectivity index (χ3v) is 7.06. The van der Waals surface area contributed by atoms with Crippen LogP contribution in [0.1, 0.15) is 13.8 Å². The molecule has 1 aromatic rings. The van der Waals surface area contributed by atoms with Crippen molar-refractivity contribution in [2.45, 2.75) is 23.6 Å². The normalized spacial score (nSPS) is 14.3. The van der Waals surface area contributed by atoms with Crippen LogP contribution in [0.4, 0.5) is 5.69 Å². The minimum Gasteiger partial charge on any atom is -0.351 e. The van der Waals surface area contributed by atoms with Crippen molar-refractivity contribution in [1.29, 1.82) is 0 Å². The standard InChI is InChI=1S/C17H23N3O4S2/c1-4-9-18-16(21)11-20-14-10-13(26(23,24)19(5-2)6-3)7-8-15(14)25-12-17(20)22/h4,7-8,10H,1,5-6,9,11-12H2,2-3H3,(H,18,21). The maximum Gasteiger partial charge on any atom is 0.243 e. The first-order valence-corrected chi connectivity index (χ1v) is 10.7. The number of nitrogens with one attached hydrogen (secondary N) is 1. The van der Waals surface area contributed by atoms with Crippen molar-refractivity contribution in [2.24, 2.45) is 0 Å². The molecule has 9 heteroatoms. The predicted octanol–water partition coefficient (Wildman–Crippen LogP) is 1.46. The molecule has 1 aromatic carbocycles. The fourth-order valence-corrected chi connectivity index (χ4v) is 5.01. The Morgan fingerprint density at radius 1 is 1.38 bits per heavy atom. The topological polar surface area (TPSA) is 86.8 Å². The Hall–Kier alpha value is -1.84. The van der Waals surface area contributed by atoms with E-state index in [-0.39, 0.29) is 29.0 Å². The summed E-state index contributed by atoms with van der Waals surface area (Å²) in [6.07, 6.45) is 1.55. The number of benzene rings is 1. The highest BCUT2D eigenvalue weighted by Gasteiger charge is 2.29. The van der Waals surface area contributed by atoms with Crippen molar-refractivity contribution in [3.05, 3.63) is 30.9 Å². The summed E-state index contributed by atoms with van der Waals surface area (Å²) in [6.45, 7) is 7.94. The highest BCUT2D eigenvalue weighted by Crippen LogP contribution is 2.37. The molecule has 0 radical (unpaired) electrons. The fourth-order valence-electron chi connectivity index (χ4n) is 2.61. The van der Waals surface area contributed by atoms with Gasteiger partial charge >= 0.3 is 0 Å². The Balaban J connectivity index is 2.39. The van der Waals surface area contributed by atoms with Crippen molar-refractivity contribution in [2.75, 3.05) is 36.8 Å². The second kappa shape index (κ2) is 8.70. The van der Waals surface area contributed by atoms with Crippen LogP contribution >= 0.6 is 11.8 Å². The smallest absolute Gasteiger partial charge is 0.243 e. The van der Waals surface area contributed by atoms with E-state index >= 15 is 0 Å². The first-order chi connectivity index (χ1) is 12.3. The van der Waals surface area contributed by atoms with Crippen LogP contribution in [-0.2, 0) is 19.6 Å². The third-order valence-electron chi connectivity index (χ3n) is 3.96. The van der Waals surface area contributed by atoms with E-state index in [0.29, 0.717) is 25.3 Å². The quantitative estimate of drug-likeness (QED) is 0.671. The molecule has 142 valence electrons. The number of rotatable bonds is 8. The highest BCUT2D eigenvalue weighted by molar-refractivity contribution is 8.00. The lowest BCUT2D eigenvalue weighted by atomic mass is 10.2. The maximum absolute atomic E-state index is 12.8. The monoisotopic (exact) mass is 397 g/mol. The van der Waals surface area contributed by atoms with E-state index < -0.39 is 10.0 Å². The number of anilines is 1. The van der Waals surface area contributed by atoms with Gasteiger partial charge in [-0.15, -0.1) is 18.3 Å². The van der Waals surface area contributed by atoms with Gasteiger partial charge in [0.15, 0.2) is 0 Å². The van der Waals surface area contributed by atoms with E-state index in [1.165, 1.54) is 27.0 Å². The van der Waals surface area contributed by atoms with Crippen molar-refractivity contribution in [3.63, 3.8) is 0 Å². The van der Waals surface area contributed by atoms with E-state index in [9.17, 15) is 18.0 Å². The molecule has 1 N–H and O–H groups in total. The van der Waals surface area contributed by atoms with E-state index in [0.717, 1.165) is 4.90 Å². The van der Waals surface area contributed by atoms with E-state index in [1.54, 1.807) is 32.1 Å². The Labute approximate surface area is 158 Å². The molecule has 0 saturated heterocycles. The SMILES string of the molecule is C=CCNC(=O)CN1C(=O)CSc2ccc(S(=O)(=O)N(CC)CC)cc21. The Bertz CT molecular complexity index is 804. The molecule has 2 amide bonds. The number of carbonyl (C=O) groups excluding carboxylic acids is 2. The molecule has 1 aliphatic heterocycles. The van der Waals surface area contributed by atoms with Gasteiger partial charge in [0, 0.05) is 24.5 Å². The Morgan fingerprint density at radius 2 is 2.08 bits per heavy atom. The van der Waals surface area contributed by atoms with E-state index in [1.807, 2.05) is 0 Å². The third kappa shape index (κ3) is 4.28. The lowest BCUT2D eigenvalue weighted by molar-refractivity contribution is -0.122. The lowest BCUT2D eigenvalue weighted by Crippen LogP contribution is -2.43. The largest absolute Gasteiger partial charge is 0.351 e. The summed E-state index contributed by atoms with van der Waals surface area (Å²) in [5, 5.41) is 2.63. The molecular formula is C17H23N3O4S2. The summed E-state index contributed by atoms with van der Waals surface area (Å²) in [5.41, 5.74) is 0.452. The molecule has 0 saturated carbocycles. The number of hydrogen-bond acceptors (Lipinski definition) is 5. The van der Waals surface area contributed by atoms with Crippen LogP contribution in [0.5, 0.6) is 0 Å². The van der Waals surface area contributed by atoms with Crippen LogP contribution in [0, 0.1) is 0 Å². The van der Waals surface area contributed by atoms with Crippen molar-refractivity contribution in [1.82, 2.24) is 9.62 Å². The van der Waals surface area contributed by atoms with Gasteiger partial charge in [0.1, 0.15) is 6.54 Å². The molecule has 1 aliphatic rings. The number of nitrogens with zero attached hydrogens (tertiary/aromatic N) is 2. The molecule has 0 fully saturated rings. The van der Waals surface area contributed by atoms with Gasteiger partial charge in [-0.2, -0.15) is 4.31 Å². The minimum atomic E-state index is -3.65. The summed E-state index contributed by atoms with van der Waals surface area (Å²) in [7, 11) is -3.65. The van der Waals surface area contributed by atoms with Crippen LogP contribution in [0.15, 0.2) is 40.6 Å². The van der Waals surface area contributed by atoms with Gasteiger partial charge in [-0.1, -0.05) is 19.9 Å². The number of hydrogen-bond donors (Lipinski definition) is 1. The summed E-state index contributed by atoms with van der Waals surface area (Å²) < 4.78 is 26.9. The zero-order valence-corrected chi connectivity index (χ0v) is 16.5. The van der Waals surface area contributed by atoms with Gasteiger partial charge in [0.25, 0.3) is 0 Å². The summed E-state index contributed by atoms with van der Waals surface area (Å²) >= 11 is 1.34. The summed E-state index contributed by atoms with van der Waals surface area (Å²) in [5.74, 6) is -0.342. The zero-order chi connectivity index (χ0) is 19.3. The van der Waals surface area contributed by atoms with Gasteiger partial charge in [-0.3, -0.25) is 9.59 Å². The van der Waals surface area contributed by atoms with Crippen LogP contribution in [0.3, 0.4) is 0 Å². The molecule has 2 rings (SSSR count). The zero-order valence-electron chi connectivity index (χ0n) is 14.9. The van der Waals surface area contributed by atoms with Crippen molar-refractivity contribution >= 4 is 39.3 Å². The molecule has 0 bridgehead atoms. The number of sulfonamides is 1. The lowest BCUT2D eigenvalue weighted by Gasteiger charge is -2.29. The van der Waals surface area contributed by atoms with Crippen LogP contribution < -0.4 is 10.2 Å². The number of amides is 2. The molecule has 26 heavy (non-hydrogen) atoms. The minimum absolute atomic E-state index is 0.117. The van der Waals surface area contributed by atoms with Crippen LogP contribution in [0.25, 0.3) is 0 Å². The fraction of sp³-hybridized carbons (Fsp3) is 0.412. The van der Waals surface area contributed by atoms with Gasteiger partial charge in [-0.25, -0.2) is 8.42 Å². The maximum atomic E-state index is 12.8. The molecule has 0 atom stereocenters. The van der Waals surface area contributed by atoms with Crippen molar-refractivity contribution < 1.29 is 18.0 Å². The Morgan fingerprint density at radius 3 is 2.69 bits per heavy atom. The predicted molar refractivity (Wildman–Crippen MR) is 103 cm³/mol. The van der Waals surface area contributed by atoms with Crippen LogP contribution in [0.2, 0.25) is 0 Å². The van der Waals surface area contributed by atoms with Crippen molar-refractivity contribution in [3.8, 4) is 0 Å². The van der Waals surface area contributed by atoms with Gasteiger partial charge < -0.3 is 10.2 Å². The number of carbonyl (C=O) groups is 2. The number of fused-ring (bicyclic) bond motifs is 1. The molecule has 0 aliphatic carbocycles. The van der Waals surface area contributed by atoms with Gasteiger partial charge in [0.2, 0.25) is 21.8 Å². The number of thioether (sulfide) groups is 1. The average Bonchev–Trinajstić information content (AvgIpc) is 2.62. The highest BCUT2D eigenvalue weighted by atomic mass is 32.2. The molecule has 0 spiro atoms. The first kappa shape index (κ1) is 20.5. The molecule has 0 unspecified atom stereocenters. The summed E-state index contributed by atoms with van der Waals surface area (Å²) in [6, 6.07) is 4.72. The van der Waals surface area contributed by atoms with Crippen LogP contribution in [-0.4, -0.2) is 56.5 Å². The Kier molecular flexibility index (Phi) is 6.85. The van der Waals surface area contributed by atoms with Gasteiger partial charge in [-0.05, 0) is 18.2 Å². The molecular weight excluding hydrogens is 374 g/mol. The molecule has 7 nitrogen and oxygen atoms in total. The van der Waals surface area contributed by atoms with E-state index in [2.05, 4.69) is 11.9 Å². The van der Waals surface area contributed by atoms with Gasteiger partial charge in [0.05, 0.1) is 16.3 Å². The van der Waals surface area contributed by atoms with E-state index in [4.69, 9.17) is 0 Å². The molecule has 1 heterocycles.